The minimum absolute atomic E-state index is 0.219. The standard InChI is InChI=1S/C25H27F2NO5S/c1-4-33-24(30)22(16-9-11-20(31-2)21(14-16)32-3)15-8-10-18(12-15)28-23(29)17-6-5-7-19(13-17)34-25(26)27/h5-11,13-15,18,22,25H,4,12H2,1-3H3,(H,28,29). The second-order valence-corrected chi connectivity index (χ2v) is 8.68. The molecule has 1 N–H and O–H groups in total. The number of thioether (sulfide) groups is 1. The van der Waals surface area contributed by atoms with Gasteiger partial charge in [0.15, 0.2) is 11.5 Å². The molecule has 1 aliphatic rings. The molecule has 0 bridgehead atoms. The van der Waals surface area contributed by atoms with E-state index in [0.29, 0.717) is 40.1 Å². The van der Waals surface area contributed by atoms with Crippen LogP contribution < -0.4 is 14.8 Å². The zero-order valence-electron chi connectivity index (χ0n) is 19.1. The molecule has 0 aliphatic heterocycles. The molecule has 0 heterocycles. The van der Waals surface area contributed by atoms with Crippen LogP contribution in [-0.2, 0) is 9.53 Å². The van der Waals surface area contributed by atoms with Gasteiger partial charge >= 0.3 is 5.97 Å². The number of allylic oxidation sites excluding steroid dienone is 1. The highest BCUT2D eigenvalue weighted by atomic mass is 32.2. The molecule has 0 radical (unpaired) electrons. The molecule has 1 amide bonds. The van der Waals surface area contributed by atoms with Gasteiger partial charge in [0, 0.05) is 16.5 Å². The fourth-order valence-corrected chi connectivity index (χ4v) is 4.54. The van der Waals surface area contributed by atoms with Gasteiger partial charge in [-0.3, -0.25) is 9.59 Å². The van der Waals surface area contributed by atoms with E-state index in [-0.39, 0.29) is 30.4 Å². The van der Waals surface area contributed by atoms with E-state index in [4.69, 9.17) is 14.2 Å². The third-order valence-electron chi connectivity index (χ3n) is 5.49. The number of esters is 1. The molecule has 3 atom stereocenters. The van der Waals surface area contributed by atoms with Crippen LogP contribution in [0.2, 0.25) is 0 Å². The lowest BCUT2D eigenvalue weighted by Gasteiger charge is -2.23. The van der Waals surface area contributed by atoms with E-state index in [1.165, 1.54) is 26.4 Å². The Morgan fingerprint density at radius 3 is 2.53 bits per heavy atom. The van der Waals surface area contributed by atoms with E-state index in [2.05, 4.69) is 5.32 Å². The van der Waals surface area contributed by atoms with Crippen LogP contribution in [0.4, 0.5) is 8.78 Å². The van der Waals surface area contributed by atoms with Crippen LogP contribution in [0, 0.1) is 5.92 Å². The summed E-state index contributed by atoms with van der Waals surface area (Å²) in [6.07, 6.45) is 4.22. The second kappa shape index (κ2) is 11.9. The average Bonchev–Trinajstić information content (AvgIpc) is 3.26. The predicted molar refractivity (Wildman–Crippen MR) is 126 cm³/mol. The van der Waals surface area contributed by atoms with Crippen molar-refractivity contribution in [1.82, 2.24) is 5.32 Å². The molecule has 0 spiro atoms. The molecular formula is C25H27F2NO5S. The van der Waals surface area contributed by atoms with Crippen LogP contribution in [0.25, 0.3) is 0 Å². The summed E-state index contributed by atoms with van der Waals surface area (Å²) in [7, 11) is 3.06. The lowest BCUT2D eigenvalue weighted by atomic mass is 9.85. The third kappa shape index (κ3) is 6.28. The largest absolute Gasteiger partial charge is 0.493 e. The van der Waals surface area contributed by atoms with Gasteiger partial charge in [0.2, 0.25) is 0 Å². The third-order valence-corrected chi connectivity index (χ3v) is 6.19. The maximum absolute atomic E-state index is 12.9. The second-order valence-electron chi connectivity index (χ2n) is 7.61. The highest BCUT2D eigenvalue weighted by Crippen LogP contribution is 2.38. The van der Waals surface area contributed by atoms with Crippen molar-refractivity contribution in [2.45, 2.75) is 36.0 Å². The van der Waals surface area contributed by atoms with Crippen molar-refractivity contribution in [2.24, 2.45) is 5.92 Å². The van der Waals surface area contributed by atoms with E-state index in [9.17, 15) is 18.4 Å². The summed E-state index contributed by atoms with van der Waals surface area (Å²) < 4.78 is 41.3. The maximum atomic E-state index is 12.9. The Morgan fingerprint density at radius 1 is 1.09 bits per heavy atom. The number of carbonyl (C=O) groups excluding carboxylic acids is 2. The van der Waals surface area contributed by atoms with Crippen LogP contribution in [0.5, 0.6) is 11.5 Å². The van der Waals surface area contributed by atoms with Crippen LogP contribution in [0.15, 0.2) is 59.5 Å². The monoisotopic (exact) mass is 491 g/mol. The molecule has 182 valence electrons. The first-order valence-electron chi connectivity index (χ1n) is 10.8. The summed E-state index contributed by atoms with van der Waals surface area (Å²) >= 11 is 0.390. The topological polar surface area (TPSA) is 73.9 Å². The molecule has 3 rings (SSSR count). The van der Waals surface area contributed by atoms with Crippen molar-refractivity contribution in [3.8, 4) is 11.5 Å². The molecule has 34 heavy (non-hydrogen) atoms. The van der Waals surface area contributed by atoms with E-state index < -0.39 is 11.7 Å². The molecular weight excluding hydrogens is 464 g/mol. The number of carbonyl (C=O) groups is 2. The summed E-state index contributed by atoms with van der Waals surface area (Å²) in [5, 5.41) is 2.90. The average molecular weight is 492 g/mol. The Hall–Kier alpha value is -3.07. The van der Waals surface area contributed by atoms with Crippen molar-refractivity contribution >= 4 is 23.6 Å². The van der Waals surface area contributed by atoms with Gasteiger partial charge in [0.05, 0.1) is 26.7 Å². The Labute approximate surface area is 201 Å². The molecule has 6 nitrogen and oxygen atoms in total. The number of halogens is 2. The minimum atomic E-state index is -2.56. The van der Waals surface area contributed by atoms with Crippen LogP contribution in [0.1, 0.15) is 35.2 Å². The number of hydrogen-bond acceptors (Lipinski definition) is 6. The molecule has 0 fully saturated rings. The van der Waals surface area contributed by atoms with Crippen molar-refractivity contribution in [3.63, 3.8) is 0 Å². The molecule has 0 saturated carbocycles. The highest BCUT2D eigenvalue weighted by molar-refractivity contribution is 7.99. The summed E-state index contributed by atoms with van der Waals surface area (Å²) in [5.74, 6) is -3.06. The van der Waals surface area contributed by atoms with Crippen molar-refractivity contribution < 1.29 is 32.6 Å². The van der Waals surface area contributed by atoms with Gasteiger partial charge in [-0.25, -0.2) is 0 Å². The molecule has 2 aromatic carbocycles. The highest BCUT2D eigenvalue weighted by Gasteiger charge is 2.35. The molecule has 3 unspecified atom stereocenters. The number of amides is 1. The van der Waals surface area contributed by atoms with Gasteiger partial charge in [-0.1, -0.05) is 36.0 Å². The molecule has 9 heteroatoms. The van der Waals surface area contributed by atoms with Crippen LogP contribution >= 0.6 is 11.8 Å². The smallest absolute Gasteiger partial charge is 0.314 e. The van der Waals surface area contributed by atoms with Gasteiger partial charge in [-0.2, -0.15) is 8.78 Å². The number of methoxy groups -OCH3 is 2. The van der Waals surface area contributed by atoms with Gasteiger partial charge in [0.25, 0.3) is 11.7 Å². The normalized spacial score (nSPS) is 17.9. The summed E-state index contributed by atoms with van der Waals surface area (Å²) in [6, 6.07) is 11.1. The van der Waals surface area contributed by atoms with Crippen molar-refractivity contribution in [3.05, 3.63) is 65.7 Å². The first-order chi connectivity index (χ1) is 16.4. The molecule has 1 aliphatic carbocycles. The SMILES string of the molecule is CCOC(=O)C(c1ccc(OC)c(OC)c1)C1C=CC(NC(=O)c2cccc(SC(F)F)c2)C1. The Kier molecular flexibility index (Phi) is 8.92. The van der Waals surface area contributed by atoms with Gasteiger partial charge in [0.1, 0.15) is 0 Å². The van der Waals surface area contributed by atoms with E-state index in [1.807, 2.05) is 12.2 Å². The molecule has 0 aromatic heterocycles. The predicted octanol–water partition coefficient (Wildman–Crippen LogP) is 5.04. The number of alkyl halides is 2. The number of benzene rings is 2. The van der Waals surface area contributed by atoms with E-state index >= 15 is 0 Å². The summed E-state index contributed by atoms with van der Waals surface area (Å²) in [6.45, 7) is 1.99. The Balaban J connectivity index is 1.75. The molecule has 0 saturated heterocycles. The minimum Gasteiger partial charge on any atom is -0.493 e. The fraction of sp³-hybridized carbons (Fsp3) is 0.360. The quantitative estimate of drug-likeness (QED) is 0.285. The Morgan fingerprint density at radius 2 is 1.85 bits per heavy atom. The molecule has 2 aromatic rings. The number of rotatable bonds is 10. The fourth-order valence-electron chi connectivity index (χ4n) is 3.98. The van der Waals surface area contributed by atoms with Crippen LogP contribution in [-0.4, -0.2) is 44.5 Å². The summed E-state index contributed by atoms with van der Waals surface area (Å²) in [4.78, 5) is 25.9. The lowest BCUT2D eigenvalue weighted by Crippen LogP contribution is -2.33. The summed E-state index contributed by atoms with van der Waals surface area (Å²) in [5.41, 5.74) is 1.01. The van der Waals surface area contributed by atoms with E-state index in [1.54, 1.807) is 37.3 Å². The lowest BCUT2D eigenvalue weighted by molar-refractivity contribution is -0.146. The number of hydrogen-bond donors (Lipinski definition) is 1. The zero-order chi connectivity index (χ0) is 24.7. The van der Waals surface area contributed by atoms with Crippen molar-refractivity contribution in [1.29, 1.82) is 0 Å². The Bertz CT molecular complexity index is 1050. The first kappa shape index (κ1) is 25.6. The number of ether oxygens (including phenoxy) is 3. The zero-order valence-corrected chi connectivity index (χ0v) is 19.9. The maximum Gasteiger partial charge on any atom is 0.314 e. The van der Waals surface area contributed by atoms with Crippen molar-refractivity contribution in [2.75, 3.05) is 20.8 Å². The first-order valence-corrected chi connectivity index (χ1v) is 11.7. The van der Waals surface area contributed by atoms with Gasteiger partial charge in [-0.05, 0) is 55.2 Å². The van der Waals surface area contributed by atoms with Crippen LogP contribution in [0.3, 0.4) is 0 Å². The number of nitrogens with one attached hydrogen (secondary N) is 1. The van der Waals surface area contributed by atoms with Gasteiger partial charge < -0.3 is 19.5 Å². The van der Waals surface area contributed by atoms with E-state index in [0.717, 1.165) is 5.56 Å². The van der Waals surface area contributed by atoms with Gasteiger partial charge in [-0.15, -0.1) is 0 Å².